The normalized spacial score (nSPS) is 16.7. The number of halogens is 1. The number of aliphatic hydroxyl groups is 1. The van der Waals surface area contributed by atoms with Gasteiger partial charge in [-0.1, -0.05) is 72.7 Å². The first-order valence-corrected chi connectivity index (χ1v) is 17.9. The number of amides is 1. The lowest BCUT2D eigenvalue weighted by Crippen LogP contribution is -2.29. The van der Waals surface area contributed by atoms with Gasteiger partial charge in [0, 0.05) is 16.3 Å². The fourth-order valence-corrected chi connectivity index (χ4v) is 7.34. The zero-order chi connectivity index (χ0) is 33.6. The number of Topliss-reactive ketones (excluding diaryl/α,β-unsaturated/α-hetero) is 1. The molecule has 10 nitrogen and oxygen atoms in total. The Hall–Kier alpha value is -4.26. The highest BCUT2D eigenvalue weighted by Crippen LogP contribution is 2.46. The van der Waals surface area contributed by atoms with Crippen LogP contribution in [0.5, 0.6) is 23.0 Å². The maximum Gasteiger partial charge on any atom is 0.301 e. The van der Waals surface area contributed by atoms with Gasteiger partial charge in [-0.3, -0.25) is 14.5 Å². The van der Waals surface area contributed by atoms with Crippen LogP contribution in [0.3, 0.4) is 0 Å². The van der Waals surface area contributed by atoms with E-state index in [1.165, 1.54) is 28.0 Å². The molecule has 1 fully saturated rings. The Labute approximate surface area is 291 Å². The summed E-state index contributed by atoms with van der Waals surface area (Å²) in [5.41, 5.74) is 1.78. The van der Waals surface area contributed by atoms with Gasteiger partial charge in [0.05, 0.1) is 24.8 Å². The maximum atomic E-state index is 13.8. The molecule has 0 saturated carbocycles. The molecule has 6 rings (SSSR count). The van der Waals surface area contributed by atoms with Gasteiger partial charge in [0.2, 0.25) is 5.13 Å². The average molecular weight is 708 g/mol. The van der Waals surface area contributed by atoms with E-state index >= 15 is 0 Å². The van der Waals surface area contributed by atoms with Gasteiger partial charge in [-0.25, -0.2) is 0 Å². The smallest absolute Gasteiger partial charge is 0.301 e. The van der Waals surface area contributed by atoms with Crippen LogP contribution in [-0.4, -0.2) is 53.4 Å². The van der Waals surface area contributed by atoms with Gasteiger partial charge in [-0.2, -0.15) is 0 Å². The molecule has 0 radical (unpaired) electrons. The van der Waals surface area contributed by atoms with Gasteiger partial charge < -0.3 is 24.1 Å². The van der Waals surface area contributed by atoms with Crippen LogP contribution in [-0.2, 0) is 15.3 Å². The second-order valence-corrected chi connectivity index (χ2v) is 13.6. The minimum atomic E-state index is -1.03. The van der Waals surface area contributed by atoms with E-state index in [-0.39, 0.29) is 16.5 Å². The van der Waals surface area contributed by atoms with Gasteiger partial charge in [-0.15, -0.1) is 10.2 Å². The van der Waals surface area contributed by atoms with Crippen LogP contribution in [0.1, 0.15) is 55.8 Å². The molecule has 48 heavy (non-hydrogen) atoms. The van der Waals surface area contributed by atoms with Crippen molar-refractivity contribution >= 4 is 57.3 Å². The molecule has 0 unspecified atom stereocenters. The van der Waals surface area contributed by atoms with Crippen LogP contribution in [0, 0.1) is 0 Å². The van der Waals surface area contributed by atoms with Crippen molar-refractivity contribution < 1.29 is 33.6 Å². The van der Waals surface area contributed by atoms with Crippen molar-refractivity contribution in [3.8, 4) is 23.0 Å². The third kappa shape index (κ3) is 7.25. The first-order chi connectivity index (χ1) is 23.4. The first kappa shape index (κ1) is 33.6. The molecule has 1 atom stereocenters. The van der Waals surface area contributed by atoms with E-state index in [1.807, 2.05) is 31.2 Å². The highest BCUT2D eigenvalue weighted by atomic mass is 35.5. The van der Waals surface area contributed by atoms with Gasteiger partial charge >= 0.3 is 5.91 Å². The van der Waals surface area contributed by atoms with E-state index < -0.39 is 17.7 Å². The molecule has 1 N–H and O–H groups in total. The van der Waals surface area contributed by atoms with E-state index in [4.69, 9.17) is 30.5 Å². The maximum absolute atomic E-state index is 13.8. The molecule has 1 amide bonds. The van der Waals surface area contributed by atoms with E-state index in [0.29, 0.717) is 75.7 Å². The van der Waals surface area contributed by atoms with Crippen molar-refractivity contribution in [1.82, 2.24) is 10.2 Å². The zero-order valence-electron chi connectivity index (χ0n) is 26.4. The number of nitrogens with zero attached hydrogens (tertiary/aromatic N) is 3. The lowest BCUT2D eigenvalue weighted by molar-refractivity contribution is -0.132. The molecule has 0 aliphatic carbocycles. The molecule has 3 aromatic carbocycles. The Morgan fingerprint density at radius 1 is 0.979 bits per heavy atom. The predicted molar refractivity (Wildman–Crippen MR) is 186 cm³/mol. The largest absolute Gasteiger partial charge is 0.507 e. The minimum Gasteiger partial charge on any atom is -0.507 e. The number of carbonyl (C=O) groups is 2. The molecule has 1 saturated heterocycles. The molecule has 13 heteroatoms. The van der Waals surface area contributed by atoms with Crippen molar-refractivity contribution in [2.45, 2.75) is 49.2 Å². The Kier molecular flexibility index (Phi) is 10.7. The van der Waals surface area contributed by atoms with E-state index in [9.17, 15) is 14.7 Å². The molecule has 250 valence electrons. The Bertz CT molecular complexity index is 1830. The third-order valence-electron chi connectivity index (χ3n) is 7.73. The summed E-state index contributed by atoms with van der Waals surface area (Å²) in [6.07, 6.45) is 3.00. The average Bonchev–Trinajstić information content (AvgIpc) is 3.68. The van der Waals surface area contributed by atoms with E-state index in [0.717, 1.165) is 24.8 Å². The van der Waals surface area contributed by atoms with Crippen LogP contribution < -0.4 is 23.8 Å². The lowest BCUT2D eigenvalue weighted by atomic mass is 9.95. The number of anilines is 1. The number of ether oxygens (including phenoxy) is 4. The number of rotatable bonds is 13. The van der Waals surface area contributed by atoms with Crippen LogP contribution in [0.2, 0.25) is 5.02 Å². The fraction of sp³-hybridized carbons (Fsp3) is 0.314. The van der Waals surface area contributed by atoms with Crippen molar-refractivity contribution in [2.75, 3.05) is 31.3 Å². The van der Waals surface area contributed by atoms with E-state index in [1.54, 1.807) is 36.4 Å². The van der Waals surface area contributed by atoms with Crippen molar-refractivity contribution in [3.05, 3.63) is 87.9 Å². The number of hydrogen-bond acceptors (Lipinski definition) is 11. The summed E-state index contributed by atoms with van der Waals surface area (Å²) in [4.78, 5) is 28.9. The van der Waals surface area contributed by atoms with Gasteiger partial charge in [0.1, 0.15) is 19.0 Å². The summed E-state index contributed by atoms with van der Waals surface area (Å²) in [6.45, 7) is 5.65. The Balaban J connectivity index is 1.40. The minimum absolute atomic E-state index is 0.0960. The fourth-order valence-electron chi connectivity index (χ4n) is 5.39. The topological polar surface area (TPSA) is 120 Å². The molecule has 1 aromatic heterocycles. The molecule has 2 aliphatic rings. The van der Waals surface area contributed by atoms with Crippen molar-refractivity contribution in [2.24, 2.45) is 0 Å². The zero-order valence-corrected chi connectivity index (χ0v) is 28.8. The molecular formula is C35H34ClN3O7S2. The summed E-state index contributed by atoms with van der Waals surface area (Å²) in [5, 5.41) is 21.2. The number of thioether (sulfide) groups is 1. The standard InChI is InChI=1S/C35H34ClN3O7S2/c1-3-5-6-15-44-25-13-9-22(18-27(25)43-4-2)30-29(31(40)23-10-14-26-28(19-23)46-17-16-45-26)32(41)33(42)39(30)34-37-38-35(48-34)47-20-21-7-11-24(36)12-8-21/h7-14,18-19,30,40H,3-6,15-17,20H2,1-2H3/t30-/m0/s1. The lowest BCUT2D eigenvalue weighted by Gasteiger charge is -2.24. The number of carbonyl (C=O) groups excluding carboxylic acids is 2. The predicted octanol–water partition coefficient (Wildman–Crippen LogP) is 7.85. The second-order valence-electron chi connectivity index (χ2n) is 11.0. The highest BCUT2D eigenvalue weighted by Gasteiger charge is 2.48. The van der Waals surface area contributed by atoms with Gasteiger partial charge in [-0.05, 0) is 66.9 Å². The highest BCUT2D eigenvalue weighted by molar-refractivity contribution is 8.00. The number of hydrogen-bond donors (Lipinski definition) is 1. The quantitative estimate of drug-likeness (QED) is 0.0367. The van der Waals surface area contributed by atoms with Crippen LogP contribution >= 0.6 is 34.7 Å². The number of fused-ring (bicyclic) bond motifs is 1. The van der Waals surface area contributed by atoms with Crippen molar-refractivity contribution in [3.63, 3.8) is 0 Å². The molecule has 0 bridgehead atoms. The van der Waals surface area contributed by atoms with Crippen LogP contribution in [0.15, 0.2) is 70.6 Å². The summed E-state index contributed by atoms with van der Waals surface area (Å²) in [6, 6.07) is 16.7. The summed E-state index contributed by atoms with van der Waals surface area (Å²) in [7, 11) is 0. The summed E-state index contributed by atoms with van der Waals surface area (Å²) < 4.78 is 24.0. The monoisotopic (exact) mass is 707 g/mol. The molecule has 4 aromatic rings. The number of aromatic nitrogens is 2. The number of unbranched alkanes of at least 4 members (excludes halogenated alkanes) is 2. The van der Waals surface area contributed by atoms with Gasteiger partial charge in [0.15, 0.2) is 27.3 Å². The third-order valence-corrected chi connectivity index (χ3v) is 10.1. The Morgan fingerprint density at radius 2 is 1.77 bits per heavy atom. The number of ketones is 1. The first-order valence-electron chi connectivity index (χ1n) is 15.7. The Morgan fingerprint density at radius 3 is 2.54 bits per heavy atom. The molecule has 2 aliphatic heterocycles. The number of aliphatic hydroxyl groups excluding tert-OH is 1. The van der Waals surface area contributed by atoms with E-state index in [2.05, 4.69) is 17.1 Å². The molecule has 3 heterocycles. The van der Waals surface area contributed by atoms with Crippen LogP contribution in [0.25, 0.3) is 5.76 Å². The summed E-state index contributed by atoms with van der Waals surface area (Å²) >= 11 is 8.67. The summed E-state index contributed by atoms with van der Waals surface area (Å²) in [5.74, 6) is 0.560. The second kappa shape index (κ2) is 15.3. The van der Waals surface area contributed by atoms with Crippen molar-refractivity contribution in [1.29, 1.82) is 0 Å². The molecular weight excluding hydrogens is 674 g/mol. The number of benzene rings is 3. The SMILES string of the molecule is CCCCCOc1ccc([C@H]2C(=C(O)c3ccc4c(c3)OCCO4)C(=O)C(=O)N2c2nnc(SCc3ccc(Cl)cc3)s2)cc1OCC. The molecule has 0 spiro atoms. The van der Waals surface area contributed by atoms with Crippen LogP contribution in [0.4, 0.5) is 5.13 Å². The van der Waals surface area contributed by atoms with Gasteiger partial charge in [0.25, 0.3) is 5.78 Å².